The van der Waals surface area contributed by atoms with Crippen molar-refractivity contribution in [3.63, 3.8) is 0 Å². The SMILES string of the molecule is C=C1N=C2Nc3cc(N(CC)CC)ccc3SC2=CN1[C@H]1[CH-][C@@H](O)[C@@H](COP(C)(C)=O)O1.[Y]. The molecule has 177 valence electrons. The Morgan fingerprint density at radius 3 is 2.79 bits per heavy atom. The first kappa shape index (κ1) is 26.9. The Morgan fingerprint density at radius 1 is 1.39 bits per heavy atom. The van der Waals surface area contributed by atoms with Crippen molar-refractivity contribution in [2.75, 3.05) is 43.2 Å². The topological polar surface area (TPSA) is 86.6 Å². The van der Waals surface area contributed by atoms with E-state index in [4.69, 9.17) is 9.26 Å². The van der Waals surface area contributed by atoms with Crippen LogP contribution < -0.4 is 10.2 Å². The third kappa shape index (κ3) is 6.13. The number of rotatable bonds is 7. The third-order valence-electron chi connectivity index (χ3n) is 5.47. The van der Waals surface area contributed by atoms with Crippen LogP contribution in [0.1, 0.15) is 13.8 Å². The molecule has 1 aromatic carbocycles. The molecule has 8 nitrogen and oxygen atoms in total. The van der Waals surface area contributed by atoms with E-state index >= 15 is 0 Å². The van der Waals surface area contributed by atoms with E-state index in [0.29, 0.717) is 5.82 Å². The summed E-state index contributed by atoms with van der Waals surface area (Å²) < 4.78 is 23.2. The summed E-state index contributed by atoms with van der Waals surface area (Å²) in [4.78, 5) is 10.8. The number of hydrogen-bond acceptors (Lipinski definition) is 9. The molecule has 4 rings (SSSR count). The predicted molar refractivity (Wildman–Crippen MR) is 130 cm³/mol. The quantitative estimate of drug-likeness (QED) is 0.380. The maximum absolute atomic E-state index is 11.8. The molecular formula is C22H30N4O4PSY-. The van der Waals surface area contributed by atoms with Crippen LogP contribution in [0.3, 0.4) is 0 Å². The normalized spacial score (nSPS) is 24.2. The fraction of sp³-hybridized carbons (Fsp3) is 0.455. The van der Waals surface area contributed by atoms with Crippen LogP contribution in [0.15, 0.2) is 51.6 Å². The zero-order valence-corrected chi connectivity index (χ0v) is 23.9. The Bertz CT molecular complexity index is 1010. The van der Waals surface area contributed by atoms with Crippen molar-refractivity contribution in [1.29, 1.82) is 0 Å². The van der Waals surface area contributed by atoms with E-state index in [1.165, 1.54) is 5.69 Å². The molecule has 33 heavy (non-hydrogen) atoms. The van der Waals surface area contributed by atoms with Crippen LogP contribution in [0.25, 0.3) is 0 Å². The number of nitrogens with zero attached hydrogens (tertiary/aromatic N) is 3. The largest absolute Gasteiger partial charge is 0.422 e. The second-order valence-corrected chi connectivity index (χ2v) is 12.0. The van der Waals surface area contributed by atoms with Gasteiger partial charge in [-0.05, 0) is 38.2 Å². The van der Waals surface area contributed by atoms with Crippen LogP contribution in [-0.2, 0) is 46.5 Å². The van der Waals surface area contributed by atoms with Gasteiger partial charge >= 0.3 is 0 Å². The summed E-state index contributed by atoms with van der Waals surface area (Å²) in [6.07, 6.45) is 1.65. The molecule has 0 bridgehead atoms. The van der Waals surface area contributed by atoms with Gasteiger partial charge in [-0.3, -0.25) is 4.57 Å². The van der Waals surface area contributed by atoms with Gasteiger partial charge in [-0.1, -0.05) is 18.3 Å². The molecule has 3 atom stereocenters. The van der Waals surface area contributed by atoms with Crippen LogP contribution in [-0.4, -0.2) is 67.3 Å². The number of thioether (sulfide) groups is 1. The molecule has 1 saturated heterocycles. The Hall–Kier alpha value is -0.666. The molecule has 11 heteroatoms. The Balaban J connectivity index is 0.00000306. The first-order valence-electron chi connectivity index (χ1n) is 10.7. The summed E-state index contributed by atoms with van der Waals surface area (Å²) in [6, 6.07) is 6.41. The number of aliphatic hydroxyl groups excluding tert-OH is 1. The third-order valence-corrected chi connectivity index (χ3v) is 7.34. The smallest absolute Gasteiger partial charge is 0.197 e. The minimum atomic E-state index is -2.66. The van der Waals surface area contributed by atoms with Crippen molar-refractivity contribution in [1.82, 2.24) is 4.90 Å². The first-order chi connectivity index (χ1) is 15.2. The maximum Gasteiger partial charge on any atom is 0.197 e. The molecule has 0 aromatic heterocycles. The van der Waals surface area contributed by atoms with Crippen LogP contribution >= 0.6 is 19.1 Å². The fourth-order valence-electron chi connectivity index (χ4n) is 3.77. The summed E-state index contributed by atoms with van der Waals surface area (Å²) in [5, 5.41) is 13.8. The molecule has 0 saturated carbocycles. The summed E-state index contributed by atoms with van der Waals surface area (Å²) in [5.41, 5.74) is 2.20. The van der Waals surface area contributed by atoms with Crippen molar-refractivity contribution < 1.29 is 51.6 Å². The number of aliphatic imine (C=N–C) groups is 1. The molecule has 3 heterocycles. The molecule has 2 N–H and O–H groups in total. The van der Waals surface area contributed by atoms with Gasteiger partial charge in [0.05, 0.1) is 23.3 Å². The number of ether oxygens (including phenoxy) is 1. The van der Waals surface area contributed by atoms with E-state index in [-0.39, 0.29) is 39.3 Å². The molecule has 1 fully saturated rings. The van der Waals surface area contributed by atoms with Crippen molar-refractivity contribution >= 4 is 36.3 Å². The number of aliphatic hydroxyl groups is 1. The molecule has 3 aliphatic rings. The number of amidine groups is 1. The van der Waals surface area contributed by atoms with E-state index < -0.39 is 25.8 Å². The van der Waals surface area contributed by atoms with E-state index in [9.17, 15) is 9.67 Å². The van der Waals surface area contributed by atoms with Crippen molar-refractivity contribution in [2.45, 2.75) is 37.2 Å². The Kier molecular flexibility index (Phi) is 8.93. The van der Waals surface area contributed by atoms with Gasteiger partial charge in [0.2, 0.25) is 0 Å². The van der Waals surface area contributed by atoms with E-state index in [0.717, 1.165) is 34.4 Å². The molecule has 0 amide bonds. The summed E-state index contributed by atoms with van der Waals surface area (Å²) in [7, 11) is -2.66. The zero-order chi connectivity index (χ0) is 23.0. The molecule has 3 aliphatic heterocycles. The fourth-order valence-corrected chi connectivity index (χ4v) is 5.23. The average molecular weight is 566 g/mol. The number of benzene rings is 1. The van der Waals surface area contributed by atoms with Gasteiger partial charge in [-0.2, -0.15) is 0 Å². The monoisotopic (exact) mass is 566 g/mol. The second-order valence-electron chi connectivity index (χ2n) is 8.15. The number of anilines is 2. The molecule has 0 aliphatic carbocycles. The van der Waals surface area contributed by atoms with E-state index in [1.807, 2.05) is 6.20 Å². The minimum absolute atomic E-state index is 0. The maximum atomic E-state index is 11.8. The summed E-state index contributed by atoms with van der Waals surface area (Å²) in [5.74, 6) is 1.25. The first-order valence-corrected chi connectivity index (χ1v) is 14.0. The zero-order valence-electron chi connectivity index (χ0n) is 19.4. The number of fused-ring (bicyclic) bond motifs is 2. The van der Waals surface area contributed by atoms with Gasteiger partial charge in [-0.15, -0.1) is 0 Å². The molecule has 1 aromatic rings. The van der Waals surface area contributed by atoms with Crippen LogP contribution in [0, 0.1) is 6.42 Å². The standard InChI is InChI=1S/C22H30N4O4PS.Y/c1-6-25(7-2)15-8-9-19-16(10-15)24-22-20(32-19)12-26(14(3)23-22)21-11-17(27)18(30-21)13-29-31(4,5)28;/h8-12,17-18,21,27H,3,6-7,13H2,1-2,4-5H3,(H,23,24);/q-1;/t17-,18-,21-;/m1./s1. The van der Waals surface area contributed by atoms with Gasteiger partial charge in [0.15, 0.2) is 7.37 Å². The summed E-state index contributed by atoms with van der Waals surface area (Å²) >= 11 is 1.63. The van der Waals surface area contributed by atoms with Crippen molar-refractivity contribution in [3.05, 3.63) is 48.1 Å². The molecule has 0 spiro atoms. The van der Waals surface area contributed by atoms with E-state index in [2.05, 4.69) is 53.8 Å². The second kappa shape index (κ2) is 10.9. The van der Waals surface area contributed by atoms with Crippen molar-refractivity contribution in [2.24, 2.45) is 4.99 Å². The van der Waals surface area contributed by atoms with Gasteiger partial charge in [0.1, 0.15) is 11.7 Å². The average Bonchev–Trinajstić information content (AvgIpc) is 3.11. The predicted octanol–water partition coefficient (Wildman–Crippen LogP) is 3.92. The van der Waals surface area contributed by atoms with E-state index in [1.54, 1.807) is 36.4 Å². The van der Waals surface area contributed by atoms with Gasteiger partial charge in [-0.25, -0.2) is 11.4 Å². The molecule has 1 radical (unpaired) electrons. The van der Waals surface area contributed by atoms with Gasteiger partial charge < -0.3 is 29.5 Å². The molecule has 0 unspecified atom stereocenters. The minimum Gasteiger partial charge on any atom is -0.422 e. The molecular weight excluding hydrogens is 536 g/mol. The Labute approximate surface area is 225 Å². The number of nitrogens with one attached hydrogen (secondary N) is 1. The van der Waals surface area contributed by atoms with Crippen LogP contribution in [0.4, 0.5) is 11.4 Å². The van der Waals surface area contributed by atoms with Crippen LogP contribution in [0.2, 0.25) is 0 Å². The van der Waals surface area contributed by atoms with Gasteiger partial charge in [0, 0.05) is 82.1 Å². The van der Waals surface area contributed by atoms with Crippen molar-refractivity contribution in [3.8, 4) is 0 Å². The Morgan fingerprint density at radius 2 is 2.12 bits per heavy atom. The van der Waals surface area contributed by atoms with Crippen LogP contribution in [0.5, 0.6) is 0 Å². The summed E-state index contributed by atoms with van der Waals surface area (Å²) in [6.45, 7) is 13.4. The number of hydrogen-bond donors (Lipinski definition) is 2. The van der Waals surface area contributed by atoms with Gasteiger partial charge in [0.25, 0.3) is 0 Å².